The van der Waals surface area contributed by atoms with Gasteiger partial charge >= 0.3 is 0 Å². The number of hydrogen-bond acceptors (Lipinski definition) is 4. The van der Waals surface area contributed by atoms with Crippen molar-refractivity contribution in [2.24, 2.45) is 0 Å². The van der Waals surface area contributed by atoms with Crippen molar-refractivity contribution >= 4 is 59.1 Å². The van der Waals surface area contributed by atoms with Gasteiger partial charge < -0.3 is 5.32 Å². The van der Waals surface area contributed by atoms with Crippen molar-refractivity contribution in [3.8, 4) is 0 Å². The zero-order valence-corrected chi connectivity index (χ0v) is 14.8. The second kappa shape index (κ2) is 5.80. The van der Waals surface area contributed by atoms with Gasteiger partial charge in [0.05, 0.1) is 3.79 Å². The van der Waals surface area contributed by atoms with Gasteiger partial charge in [-0.25, -0.2) is 8.42 Å². The molecule has 106 valence electrons. The molecule has 0 spiro atoms. The second-order valence-electron chi connectivity index (χ2n) is 4.08. The summed E-state index contributed by atoms with van der Waals surface area (Å²) in [5.41, 5.74) is 0. The quantitative estimate of drug-likeness (QED) is 0.797. The molecule has 1 aliphatic heterocycles. The summed E-state index contributed by atoms with van der Waals surface area (Å²) < 4.78 is 28.0. The first kappa shape index (κ1) is 15.4. The summed E-state index contributed by atoms with van der Waals surface area (Å²) in [5.74, 6) is -0.254. The highest BCUT2D eigenvalue weighted by Gasteiger charge is 2.39. The Morgan fingerprint density at radius 2 is 2.21 bits per heavy atom. The standard InChI is InChI=1S/C10H12Br2N2O3S2/c1-13-10(15)7-3-2-4-14(7)19(16,17)8-5-6(11)9(12)18-8/h5,7H,2-4H2,1H3,(H,13,15). The Morgan fingerprint density at radius 1 is 1.53 bits per heavy atom. The van der Waals surface area contributed by atoms with Gasteiger partial charge in [-0.05, 0) is 50.8 Å². The number of rotatable bonds is 3. The lowest BCUT2D eigenvalue weighted by Crippen LogP contribution is -2.44. The maximum atomic E-state index is 12.5. The van der Waals surface area contributed by atoms with Gasteiger partial charge in [0.15, 0.2) is 0 Å². The lowest BCUT2D eigenvalue weighted by Gasteiger charge is -2.21. The van der Waals surface area contributed by atoms with Crippen LogP contribution in [-0.4, -0.2) is 38.3 Å². The van der Waals surface area contributed by atoms with Gasteiger partial charge in [0.25, 0.3) is 10.0 Å². The predicted molar refractivity (Wildman–Crippen MR) is 80.7 cm³/mol. The number of nitrogens with one attached hydrogen (secondary N) is 1. The number of sulfonamides is 1. The van der Waals surface area contributed by atoms with Crippen molar-refractivity contribution in [3.63, 3.8) is 0 Å². The Hall–Kier alpha value is 0.0400. The Balaban J connectivity index is 2.36. The number of halogens is 2. The van der Waals surface area contributed by atoms with Crippen molar-refractivity contribution in [1.29, 1.82) is 0 Å². The first-order chi connectivity index (χ1) is 8.87. The summed E-state index contributed by atoms with van der Waals surface area (Å²) >= 11 is 7.70. The van der Waals surface area contributed by atoms with Crippen LogP contribution in [0.2, 0.25) is 0 Å². The van der Waals surface area contributed by atoms with E-state index in [4.69, 9.17) is 0 Å². The minimum atomic E-state index is -3.61. The Bertz CT molecular complexity index is 580. The van der Waals surface area contributed by atoms with Gasteiger partial charge in [0.1, 0.15) is 10.3 Å². The minimum Gasteiger partial charge on any atom is -0.358 e. The highest BCUT2D eigenvalue weighted by molar-refractivity contribution is 9.13. The maximum absolute atomic E-state index is 12.5. The molecule has 0 aromatic carbocycles. The van der Waals surface area contributed by atoms with Gasteiger partial charge in [-0.15, -0.1) is 11.3 Å². The van der Waals surface area contributed by atoms with E-state index < -0.39 is 16.1 Å². The second-order valence-corrected chi connectivity index (χ2v) is 9.42. The first-order valence-corrected chi connectivity index (χ1v) is 9.40. The Morgan fingerprint density at radius 3 is 2.74 bits per heavy atom. The monoisotopic (exact) mass is 430 g/mol. The molecule has 1 aliphatic rings. The zero-order chi connectivity index (χ0) is 14.2. The molecule has 0 saturated carbocycles. The molecule has 1 saturated heterocycles. The topological polar surface area (TPSA) is 66.5 Å². The van der Waals surface area contributed by atoms with Gasteiger partial charge in [0.2, 0.25) is 5.91 Å². The maximum Gasteiger partial charge on any atom is 0.253 e. The van der Waals surface area contributed by atoms with Crippen molar-refractivity contribution in [2.75, 3.05) is 13.6 Å². The molecule has 2 heterocycles. The molecular weight excluding hydrogens is 420 g/mol. The fraction of sp³-hybridized carbons (Fsp3) is 0.500. The smallest absolute Gasteiger partial charge is 0.253 e. The van der Waals surface area contributed by atoms with Crippen LogP contribution in [-0.2, 0) is 14.8 Å². The SMILES string of the molecule is CNC(=O)C1CCCN1S(=O)(=O)c1cc(Br)c(Br)s1. The normalized spacial score (nSPS) is 20.7. The van der Waals surface area contributed by atoms with E-state index in [1.165, 1.54) is 11.4 Å². The zero-order valence-electron chi connectivity index (χ0n) is 10.0. The number of carbonyl (C=O) groups excluding carboxylic acids is 1. The molecule has 0 radical (unpaired) electrons. The van der Waals surface area contributed by atoms with Crippen LogP contribution >= 0.6 is 43.2 Å². The molecule has 5 nitrogen and oxygen atoms in total. The molecule has 0 aliphatic carbocycles. The third-order valence-electron chi connectivity index (χ3n) is 2.94. The van der Waals surface area contributed by atoms with Gasteiger partial charge in [-0.1, -0.05) is 0 Å². The summed E-state index contributed by atoms with van der Waals surface area (Å²) in [4.78, 5) is 11.7. The molecule has 1 amide bonds. The number of carbonyl (C=O) groups is 1. The molecule has 1 aromatic rings. The number of amides is 1. The summed E-state index contributed by atoms with van der Waals surface area (Å²) in [7, 11) is -2.10. The van der Waals surface area contributed by atoms with Crippen LogP contribution in [0.4, 0.5) is 0 Å². The molecule has 1 unspecified atom stereocenters. The number of likely N-dealkylation sites (N-methyl/N-ethyl adjacent to an activating group) is 1. The lowest BCUT2D eigenvalue weighted by molar-refractivity contribution is -0.123. The van der Waals surface area contributed by atoms with E-state index in [0.717, 1.165) is 15.1 Å². The van der Waals surface area contributed by atoms with E-state index in [9.17, 15) is 13.2 Å². The van der Waals surface area contributed by atoms with Crippen LogP contribution in [0.3, 0.4) is 0 Å². The Kier molecular flexibility index (Phi) is 4.71. The summed E-state index contributed by atoms with van der Waals surface area (Å²) in [6.07, 6.45) is 1.26. The van der Waals surface area contributed by atoms with Gasteiger partial charge in [-0.3, -0.25) is 4.79 Å². The molecule has 19 heavy (non-hydrogen) atoms. The van der Waals surface area contributed by atoms with Crippen LogP contribution in [0.15, 0.2) is 18.5 Å². The van der Waals surface area contributed by atoms with E-state index in [-0.39, 0.29) is 10.1 Å². The van der Waals surface area contributed by atoms with Crippen LogP contribution < -0.4 is 5.32 Å². The minimum absolute atomic E-state index is 0.238. The molecule has 0 bridgehead atoms. The number of hydrogen-bond donors (Lipinski definition) is 1. The van der Waals surface area contributed by atoms with Crippen LogP contribution in [0, 0.1) is 0 Å². The van der Waals surface area contributed by atoms with Crippen LogP contribution in [0.1, 0.15) is 12.8 Å². The first-order valence-electron chi connectivity index (χ1n) is 5.56. The van der Waals surface area contributed by atoms with Crippen molar-refractivity contribution in [1.82, 2.24) is 9.62 Å². The molecule has 9 heteroatoms. The summed E-state index contributed by atoms with van der Waals surface area (Å²) in [6, 6.07) is 0.957. The average Bonchev–Trinajstić information content (AvgIpc) is 2.97. The summed E-state index contributed by atoms with van der Waals surface area (Å²) in [5, 5.41) is 2.52. The number of nitrogens with zero attached hydrogens (tertiary/aromatic N) is 1. The van der Waals surface area contributed by atoms with Crippen molar-refractivity contribution in [2.45, 2.75) is 23.1 Å². The third-order valence-corrected chi connectivity index (χ3v) is 8.55. The van der Waals surface area contributed by atoms with Crippen molar-refractivity contribution in [3.05, 3.63) is 14.3 Å². The van der Waals surface area contributed by atoms with Gasteiger partial charge in [0, 0.05) is 18.1 Å². The van der Waals surface area contributed by atoms with Gasteiger partial charge in [-0.2, -0.15) is 4.31 Å². The lowest BCUT2D eigenvalue weighted by atomic mass is 10.2. The largest absolute Gasteiger partial charge is 0.358 e. The van der Waals surface area contributed by atoms with E-state index >= 15 is 0 Å². The molecule has 2 rings (SSSR count). The number of thiophene rings is 1. The third kappa shape index (κ3) is 2.90. The molecule has 1 aromatic heterocycles. The predicted octanol–water partition coefficient (Wildman–Crippen LogP) is 2.17. The van der Waals surface area contributed by atoms with Crippen molar-refractivity contribution < 1.29 is 13.2 Å². The van der Waals surface area contributed by atoms with Crippen LogP contribution in [0.25, 0.3) is 0 Å². The van der Waals surface area contributed by atoms with Crippen LogP contribution in [0.5, 0.6) is 0 Å². The van der Waals surface area contributed by atoms with E-state index in [1.807, 2.05) is 0 Å². The highest BCUT2D eigenvalue weighted by Crippen LogP contribution is 2.37. The fourth-order valence-corrected chi connectivity index (χ4v) is 6.63. The fourth-order valence-electron chi connectivity index (χ4n) is 2.03. The average molecular weight is 432 g/mol. The van der Waals surface area contributed by atoms with E-state index in [1.54, 1.807) is 6.07 Å². The van der Waals surface area contributed by atoms with E-state index in [2.05, 4.69) is 37.2 Å². The molecule has 1 atom stereocenters. The molecule has 1 fully saturated rings. The molecule has 1 N–H and O–H groups in total. The highest BCUT2D eigenvalue weighted by atomic mass is 79.9. The summed E-state index contributed by atoms with van der Waals surface area (Å²) in [6.45, 7) is 0.382. The van der Waals surface area contributed by atoms with E-state index in [0.29, 0.717) is 23.9 Å². The molecular formula is C10H12Br2N2O3S2. The Labute approximate surface area is 132 Å².